The Bertz CT molecular complexity index is 437. The Kier molecular flexibility index (Phi) is 6.48. The van der Waals surface area contributed by atoms with Gasteiger partial charge in [0.25, 0.3) is 0 Å². The number of aliphatic hydroxyl groups excluding tert-OH is 1. The minimum Gasteiger partial charge on any atom is -0.496 e. The van der Waals surface area contributed by atoms with Gasteiger partial charge in [0.1, 0.15) is 5.75 Å². The number of nitrogens with two attached hydrogens (primary N) is 1. The van der Waals surface area contributed by atoms with Gasteiger partial charge in [0.15, 0.2) is 0 Å². The van der Waals surface area contributed by atoms with Crippen LogP contribution in [0.25, 0.3) is 0 Å². The average molecular weight is 280 g/mol. The largest absolute Gasteiger partial charge is 0.496 e. The second kappa shape index (κ2) is 7.87. The van der Waals surface area contributed by atoms with Crippen LogP contribution < -0.4 is 15.8 Å². The summed E-state index contributed by atoms with van der Waals surface area (Å²) in [4.78, 5) is 11.9. The van der Waals surface area contributed by atoms with Crippen LogP contribution in [0.15, 0.2) is 24.3 Å². The second-order valence-electron chi connectivity index (χ2n) is 4.91. The Balaban J connectivity index is 2.59. The molecule has 3 unspecified atom stereocenters. The second-order valence-corrected chi connectivity index (χ2v) is 4.91. The van der Waals surface area contributed by atoms with E-state index in [1.54, 1.807) is 19.2 Å². The van der Waals surface area contributed by atoms with E-state index in [-0.39, 0.29) is 18.4 Å². The van der Waals surface area contributed by atoms with Crippen molar-refractivity contribution < 1.29 is 14.6 Å². The summed E-state index contributed by atoms with van der Waals surface area (Å²) in [6.45, 7) is 4.03. The molecule has 112 valence electrons. The number of benzene rings is 1. The summed E-state index contributed by atoms with van der Waals surface area (Å²) in [6, 6.07) is 6.63. The zero-order chi connectivity index (χ0) is 15.1. The van der Waals surface area contributed by atoms with Crippen LogP contribution in [0.5, 0.6) is 5.75 Å². The van der Waals surface area contributed by atoms with Gasteiger partial charge in [-0.3, -0.25) is 4.79 Å². The molecule has 1 rings (SSSR count). The molecule has 0 bridgehead atoms. The molecule has 0 spiro atoms. The van der Waals surface area contributed by atoms with Gasteiger partial charge >= 0.3 is 0 Å². The fraction of sp³-hybridized carbons (Fsp3) is 0.533. The lowest BCUT2D eigenvalue weighted by Gasteiger charge is -2.20. The van der Waals surface area contributed by atoms with Crippen molar-refractivity contribution in [3.8, 4) is 5.75 Å². The van der Waals surface area contributed by atoms with E-state index in [9.17, 15) is 9.90 Å². The average Bonchev–Trinajstić information content (AvgIpc) is 2.50. The van der Waals surface area contributed by atoms with Gasteiger partial charge in [-0.1, -0.05) is 38.5 Å². The van der Waals surface area contributed by atoms with E-state index in [4.69, 9.17) is 10.5 Å². The summed E-state index contributed by atoms with van der Waals surface area (Å²) in [5.41, 5.74) is 6.48. The molecule has 0 fully saturated rings. The van der Waals surface area contributed by atoms with Gasteiger partial charge < -0.3 is 20.9 Å². The number of carbonyl (C=O) groups excluding carboxylic acids is 1. The summed E-state index contributed by atoms with van der Waals surface area (Å²) in [6.07, 6.45) is 0.0168. The summed E-state index contributed by atoms with van der Waals surface area (Å²) in [5.74, 6) is 0.465. The number of aliphatic hydroxyl groups is 1. The van der Waals surface area contributed by atoms with E-state index in [0.717, 1.165) is 6.42 Å². The molecule has 3 atom stereocenters. The molecule has 1 aromatic carbocycles. The predicted octanol–water partition coefficient (Wildman–Crippen LogP) is 1.22. The van der Waals surface area contributed by atoms with Crippen molar-refractivity contribution in [2.75, 3.05) is 13.7 Å². The van der Waals surface area contributed by atoms with Crippen molar-refractivity contribution in [3.05, 3.63) is 29.8 Å². The van der Waals surface area contributed by atoms with Crippen molar-refractivity contribution in [1.29, 1.82) is 0 Å². The highest BCUT2D eigenvalue weighted by Crippen LogP contribution is 2.24. The minimum atomic E-state index is -0.820. The monoisotopic (exact) mass is 280 g/mol. The maximum Gasteiger partial charge on any atom is 0.237 e. The molecule has 5 heteroatoms. The first-order valence-corrected chi connectivity index (χ1v) is 6.85. The van der Waals surface area contributed by atoms with Crippen LogP contribution in [0.3, 0.4) is 0 Å². The van der Waals surface area contributed by atoms with E-state index in [1.165, 1.54) is 0 Å². The van der Waals surface area contributed by atoms with Crippen LogP contribution in [-0.2, 0) is 4.79 Å². The third-order valence-electron chi connectivity index (χ3n) is 3.53. The number of nitrogens with one attached hydrogen (secondary N) is 1. The fourth-order valence-corrected chi connectivity index (χ4v) is 1.88. The topological polar surface area (TPSA) is 84.6 Å². The van der Waals surface area contributed by atoms with E-state index in [2.05, 4.69) is 5.32 Å². The smallest absolute Gasteiger partial charge is 0.237 e. The lowest BCUT2D eigenvalue weighted by Crippen LogP contribution is -2.45. The first-order chi connectivity index (χ1) is 9.51. The summed E-state index contributed by atoms with van der Waals surface area (Å²) < 4.78 is 5.18. The number of hydrogen-bond acceptors (Lipinski definition) is 4. The van der Waals surface area contributed by atoms with Crippen molar-refractivity contribution in [2.24, 2.45) is 11.7 Å². The van der Waals surface area contributed by atoms with Crippen molar-refractivity contribution in [3.63, 3.8) is 0 Å². The zero-order valence-electron chi connectivity index (χ0n) is 12.3. The van der Waals surface area contributed by atoms with Crippen LogP contribution in [0.2, 0.25) is 0 Å². The van der Waals surface area contributed by atoms with Gasteiger partial charge in [0.05, 0.1) is 19.3 Å². The molecular weight excluding hydrogens is 256 g/mol. The molecule has 0 aliphatic carbocycles. The molecule has 0 aromatic heterocycles. The highest BCUT2D eigenvalue weighted by atomic mass is 16.5. The number of methoxy groups -OCH3 is 1. The van der Waals surface area contributed by atoms with Crippen LogP contribution in [0.1, 0.15) is 31.9 Å². The Morgan fingerprint density at radius 1 is 1.45 bits per heavy atom. The Labute approximate surface area is 120 Å². The molecule has 20 heavy (non-hydrogen) atoms. The van der Waals surface area contributed by atoms with Crippen LogP contribution in [0, 0.1) is 5.92 Å². The number of para-hydroxylation sites is 1. The maximum absolute atomic E-state index is 11.9. The lowest BCUT2D eigenvalue weighted by molar-refractivity contribution is -0.123. The number of rotatable bonds is 7. The van der Waals surface area contributed by atoms with Crippen molar-refractivity contribution >= 4 is 5.91 Å². The van der Waals surface area contributed by atoms with Gasteiger partial charge in [-0.25, -0.2) is 0 Å². The van der Waals surface area contributed by atoms with Gasteiger partial charge in [-0.2, -0.15) is 0 Å². The Morgan fingerprint density at radius 2 is 2.10 bits per heavy atom. The SMILES string of the molecule is CCC(C)C(N)C(=O)NCC(O)c1ccccc1OC. The van der Waals surface area contributed by atoms with E-state index < -0.39 is 12.1 Å². The molecule has 0 heterocycles. The molecule has 1 amide bonds. The number of amides is 1. The lowest BCUT2D eigenvalue weighted by atomic mass is 9.99. The van der Waals surface area contributed by atoms with E-state index in [1.807, 2.05) is 26.0 Å². The van der Waals surface area contributed by atoms with Gasteiger partial charge in [0, 0.05) is 12.1 Å². The van der Waals surface area contributed by atoms with Crippen LogP contribution in [-0.4, -0.2) is 30.7 Å². The standard InChI is InChI=1S/C15H24N2O3/c1-4-10(2)14(16)15(19)17-9-12(18)11-7-5-6-8-13(11)20-3/h5-8,10,12,14,18H,4,9,16H2,1-3H3,(H,17,19). The van der Waals surface area contributed by atoms with Crippen LogP contribution >= 0.6 is 0 Å². The third kappa shape index (κ3) is 4.21. The summed E-state index contributed by atoms with van der Waals surface area (Å²) in [5, 5.41) is 12.8. The molecule has 0 saturated carbocycles. The number of carbonyl (C=O) groups is 1. The molecule has 5 nitrogen and oxygen atoms in total. The van der Waals surface area contributed by atoms with Crippen LogP contribution in [0.4, 0.5) is 0 Å². The first kappa shape index (κ1) is 16.5. The highest BCUT2D eigenvalue weighted by Gasteiger charge is 2.20. The summed E-state index contributed by atoms with van der Waals surface area (Å²) >= 11 is 0. The molecule has 4 N–H and O–H groups in total. The van der Waals surface area contributed by atoms with Gasteiger partial charge in [-0.05, 0) is 12.0 Å². The highest BCUT2D eigenvalue weighted by molar-refractivity contribution is 5.81. The quantitative estimate of drug-likeness (QED) is 0.701. The Morgan fingerprint density at radius 3 is 2.70 bits per heavy atom. The number of hydrogen-bond donors (Lipinski definition) is 3. The predicted molar refractivity (Wildman–Crippen MR) is 78.4 cm³/mol. The molecule has 1 aromatic rings. The molecule has 0 radical (unpaired) electrons. The van der Waals surface area contributed by atoms with Crippen molar-refractivity contribution in [1.82, 2.24) is 5.32 Å². The van der Waals surface area contributed by atoms with E-state index >= 15 is 0 Å². The third-order valence-corrected chi connectivity index (χ3v) is 3.53. The maximum atomic E-state index is 11.9. The van der Waals surface area contributed by atoms with Crippen molar-refractivity contribution in [2.45, 2.75) is 32.4 Å². The molecule has 0 saturated heterocycles. The molecule has 0 aliphatic rings. The van der Waals surface area contributed by atoms with Gasteiger partial charge in [0.2, 0.25) is 5.91 Å². The fourth-order valence-electron chi connectivity index (χ4n) is 1.88. The number of ether oxygens (including phenoxy) is 1. The zero-order valence-corrected chi connectivity index (χ0v) is 12.3. The van der Waals surface area contributed by atoms with E-state index in [0.29, 0.717) is 11.3 Å². The first-order valence-electron chi connectivity index (χ1n) is 6.85. The van der Waals surface area contributed by atoms with Gasteiger partial charge in [-0.15, -0.1) is 0 Å². The summed E-state index contributed by atoms with van der Waals surface area (Å²) in [7, 11) is 1.54. The Hall–Kier alpha value is -1.59. The normalized spacial score (nSPS) is 15.2. The minimum absolute atomic E-state index is 0.110. The molecule has 0 aliphatic heterocycles. The molecular formula is C15H24N2O3.